The number of fused-ring (bicyclic) bond motifs is 1. The molecule has 0 amide bonds. The van der Waals surface area contributed by atoms with Gasteiger partial charge in [0.25, 0.3) is 0 Å². The summed E-state index contributed by atoms with van der Waals surface area (Å²) in [5.41, 5.74) is 1.36. The Labute approximate surface area is 137 Å². The van der Waals surface area contributed by atoms with Crippen LogP contribution in [0.5, 0.6) is 0 Å². The van der Waals surface area contributed by atoms with Gasteiger partial charge in [-0.1, -0.05) is 0 Å². The number of hydrogen-bond acceptors (Lipinski definition) is 3. The zero-order valence-electron chi connectivity index (χ0n) is 13.6. The Kier molecular flexibility index (Phi) is 4.08. The number of aryl methyl sites for hydroxylation is 2. The van der Waals surface area contributed by atoms with E-state index >= 15 is 0 Å². The van der Waals surface area contributed by atoms with Crippen LogP contribution in [0.25, 0.3) is 11.0 Å². The van der Waals surface area contributed by atoms with Crippen molar-refractivity contribution in [2.24, 2.45) is 14.1 Å². The normalized spacial score (nSPS) is 13.6. The molecule has 1 atom stereocenters. The molecule has 0 bridgehead atoms. The molecule has 0 radical (unpaired) electrons. The van der Waals surface area contributed by atoms with Gasteiger partial charge in [-0.05, 0) is 25.1 Å². The molecule has 0 saturated heterocycles. The molecule has 0 spiro atoms. The third-order valence-corrected chi connectivity index (χ3v) is 4.00. The Morgan fingerprint density at radius 3 is 2.62 bits per heavy atom. The Balaban J connectivity index is 1.84. The second-order valence-corrected chi connectivity index (χ2v) is 5.86. The summed E-state index contributed by atoms with van der Waals surface area (Å²) < 4.78 is 42.0. The molecule has 0 aliphatic heterocycles. The highest BCUT2D eigenvalue weighted by Gasteiger charge is 2.31. The SMILES string of the molecule is CC(NCc1cnn(C)c1)c1nc2cc(C(F)(F)F)ccc2n1C. The van der Waals surface area contributed by atoms with Crippen LogP contribution in [0, 0.1) is 0 Å². The van der Waals surface area contributed by atoms with E-state index in [1.54, 1.807) is 17.9 Å². The van der Waals surface area contributed by atoms with Gasteiger partial charge in [0, 0.05) is 32.4 Å². The highest BCUT2D eigenvalue weighted by molar-refractivity contribution is 5.77. The molecule has 3 aromatic rings. The number of imidazole rings is 1. The van der Waals surface area contributed by atoms with E-state index in [9.17, 15) is 13.2 Å². The lowest BCUT2D eigenvalue weighted by Crippen LogP contribution is -2.20. The lowest BCUT2D eigenvalue weighted by Gasteiger charge is -2.13. The van der Waals surface area contributed by atoms with E-state index in [1.807, 2.05) is 24.7 Å². The predicted octanol–water partition coefficient (Wildman–Crippen LogP) is 3.18. The zero-order chi connectivity index (χ0) is 17.5. The van der Waals surface area contributed by atoms with Crippen molar-refractivity contribution in [1.82, 2.24) is 24.6 Å². The minimum Gasteiger partial charge on any atom is -0.330 e. The predicted molar refractivity (Wildman–Crippen MR) is 84.2 cm³/mol. The third kappa shape index (κ3) is 3.14. The van der Waals surface area contributed by atoms with Crippen molar-refractivity contribution >= 4 is 11.0 Å². The van der Waals surface area contributed by atoms with Gasteiger partial charge in [0.1, 0.15) is 5.82 Å². The number of hydrogen-bond donors (Lipinski definition) is 1. The van der Waals surface area contributed by atoms with Crippen LogP contribution in [0.2, 0.25) is 0 Å². The molecule has 128 valence electrons. The fraction of sp³-hybridized carbons (Fsp3) is 0.375. The number of rotatable bonds is 4. The standard InChI is InChI=1S/C16H18F3N5/c1-10(20-7-11-8-21-23(2)9-11)15-22-13-6-12(16(17,18)19)4-5-14(13)24(15)3/h4-6,8-10,20H,7H2,1-3H3. The molecule has 1 aromatic carbocycles. The summed E-state index contributed by atoms with van der Waals surface area (Å²) in [4.78, 5) is 4.38. The van der Waals surface area contributed by atoms with Gasteiger partial charge in [-0.25, -0.2) is 4.98 Å². The summed E-state index contributed by atoms with van der Waals surface area (Å²) in [6.45, 7) is 2.54. The maximum atomic E-state index is 12.8. The summed E-state index contributed by atoms with van der Waals surface area (Å²) in [7, 11) is 3.65. The first-order valence-corrected chi connectivity index (χ1v) is 7.50. The van der Waals surface area contributed by atoms with Gasteiger partial charge in [0.2, 0.25) is 0 Å². The van der Waals surface area contributed by atoms with Gasteiger partial charge in [0.15, 0.2) is 0 Å². The van der Waals surface area contributed by atoms with E-state index in [1.165, 1.54) is 6.07 Å². The first-order chi connectivity index (χ1) is 11.3. The topological polar surface area (TPSA) is 47.7 Å². The van der Waals surface area contributed by atoms with Crippen LogP contribution in [0.15, 0.2) is 30.6 Å². The van der Waals surface area contributed by atoms with Gasteiger partial charge in [-0.15, -0.1) is 0 Å². The summed E-state index contributed by atoms with van der Waals surface area (Å²) in [6.07, 6.45) is -0.690. The first kappa shape index (κ1) is 16.5. The number of nitrogens with zero attached hydrogens (tertiary/aromatic N) is 4. The van der Waals surface area contributed by atoms with Crippen molar-refractivity contribution in [1.29, 1.82) is 0 Å². The smallest absolute Gasteiger partial charge is 0.330 e. The molecule has 2 aromatic heterocycles. The Morgan fingerprint density at radius 1 is 1.25 bits per heavy atom. The molecule has 8 heteroatoms. The van der Waals surface area contributed by atoms with Crippen LogP contribution in [-0.4, -0.2) is 19.3 Å². The van der Waals surface area contributed by atoms with Gasteiger partial charge < -0.3 is 9.88 Å². The molecule has 1 N–H and O–H groups in total. The van der Waals surface area contributed by atoms with Crippen LogP contribution >= 0.6 is 0 Å². The van der Waals surface area contributed by atoms with E-state index in [0.717, 1.165) is 17.7 Å². The van der Waals surface area contributed by atoms with E-state index in [2.05, 4.69) is 15.4 Å². The lowest BCUT2D eigenvalue weighted by atomic mass is 10.2. The first-order valence-electron chi connectivity index (χ1n) is 7.50. The van der Waals surface area contributed by atoms with Crippen LogP contribution in [0.1, 0.15) is 29.9 Å². The highest BCUT2D eigenvalue weighted by atomic mass is 19.4. The largest absolute Gasteiger partial charge is 0.416 e. The van der Waals surface area contributed by atoms with Gasteiger partial charge in [-0.3, -0.25) is 4.68 Å². The second-order valence-electron chi connectivity index (χ2n) is 5.86. The quantitative estimate of drug-likeness (QED) is 0.795. The number of alkyl halides is 3. The summed E-state index contributed by atoms with van der Waals surface area (Å²) in [5, 5.41) is 7.42. The van der Waals surface area contributed by atoms with E-state index in [-0.39, 0.29) is 6.04 Å². The highest BCUT2D eigenvalue weighted by Crippen LogP contribution is 2.31. The number of halogens is 3. The molecule has 1 unspecified atom stereocenters. The van der Waals surface area contributed by atoms with Crippen molar-refractivity contribution in [2.75, 3.05) is 0 Å². The maximum absolute atomic E-state index is 12.8. The fourth-order valence-corrected chi connectivity index (χ4v) is 2.71. The Morgan fingerprint density at radius 2 is 2.00 bits per heavy atom. The molecular weight excluding hydrogens is 319 g/mol. The van der Waals surface area contributed by atoms with E-state index in [4.69, 9.17) is 0 Å². The molecule has 0 aliphatic rings. The van der Waals surface area contributed by atoms with Crippen LogP contribution in [0.4, 0.5) is 13.2 Å². The minimum absolute atomic E-state index is 0.114. The Bertz CT molecular complexity index is 862. The monoisotopic (exact) mass is 337 g/mol. The number of nitrogens with one attached hydrogen (secondary N) is 1. The molecule has 3 rings (SSSR count). The molecule has 24 heavy (non-hydrogen) atoms. The molecule has 0 aliphatic carbocycles. The minimum atomic E-state index is -4.37. The van der Waals surface area contributed by atoms with Crippen molar-refractivity contribution in [3.8, 4) is 0 Å². The van der Waals surface area contributed by atoms with Crippen LogP contribution in [0.3, 0.4) is 0 Å². The summed E-state index contributed by atoms with van der Waals surface area (Å²) >= 11 is 0. The van der Waals surface area contributed by atoms with Crippen molar-refractivity contribution in [2.45, 2.75) is 25.7 Å². The lowest BCUT2D eigenvalue weighted by molar-refractivity contribution is -0.137. The van der Waals surface area contributed by atoms with Crippen molar-refractivity contribution in [3.63, 3.8) is 0 Å². The van der Waals surface area contributed by atoms with Gasteiger partial charge in [-0.2, -0.15) is 18.3 Å². The molecule has 0 fully saturated rings. The van der Waals surface area contributed by atoms with E-state index in [0.29, 0.717) is 23.4 Å². The van der Waals surface area contributed by atoms with Crippen molar-refractivity contribution < 1.29 is 13.2 Å². The average Bonchev–Trinajstić information content (AvgIpc) is 3.07. The van der Waals surface area contributed by atoms with Crippen molar-refractivity contribution in [3.05, 3.63) is 47.5 Å². The average molecular weight is 337 g/mol. The van der Waals surface area contributed by atoms with Crippen LogP contribution < -0.4 is 5.32 Å². The fourth-order valence-electron chi connectivity index (χ4n) is 2.71. The number of aromatic nitrogens is 4. The maximum Gasteiger partial charge on any atom is 0.416 e. The van der Waals surface area contributed by atoms with Gasteiger partial charge in [0.05, 0.1) is 28.8 Å². The number of benzene rings is 1. The van der Waals surface area contributed by atoms with Gasteiger partial charge >= 0.3 is 6.18 Å². The van der Waals surface area contributed by atoms with Crippen LogP contribution in [-0.2, 0) is 26.8 Å². The third-order valence-electron chi connectivity index (χ3n) is 4.00. The molecule has 0 saturated carbocycles. The summed E-state index contributed by atoms with van der Waals surface area (Å²) in [6, 6.07) is 3.52. The second kappa shape index (κ2) is 5.94. The Hall–Kier alpha value is -2.35. The molecular formula is C16H18F3N5. The molecule has 2 heterocycles. The van der Waals surface area contributed by atoms with E-state index < -0.39 is 11.7 Å². The summed E-state index contributed by atoms with van der Waals surface area (Å²) in [5.74, 6) is 0.688. The zero-order valence-corrected chi connectivity index (χ0v) is 13.6. The molecule has 5 nitrogen and oxygen atoms in total.